The Labute approximate surface area is 118 Å². The van der Waals surface area contributed by atoms with Crippen molar-refractivity contribution in [1.82, 2.24) is 4.98 Å². The molecule has 0 aromatic carbocycles. The standard InChI is InChI=1S/C10H7F5N2O5/c1-21-7(18)2-4-8(9(11)12)5(17(19)20)3-6(16-4)22-10(13,14)15/h3,9H,2H2,1H3. The van der Waals surface area contributed by atoms with Crippen molar-refractivity contribution in [3.8, 4) is 5.88 Å². The van der Waals surface area contributed by atoms with Gasteiger partial charge in [-0.25, -0.2) is 13.8 Å². The lowest BCUT2D eigenvalue weighted by Crippen LogP contribution is -2.19. The van der Waals surface area contributed by atoms with E-state index in [-0.39, 0.29) is 6.07 Å². The maximum absolute atomic E-state index is 12.9. The number of nitrogens with zero attached hydrogens (tertiary/aromatic N) is 2. The second-order valence-corrected chi connectivity index (χ2v) is 3.70. The number of methoxy groups -OCH3 is 1. The van der Waals surface area contributed by atoms with Gasteiger partial charge in [-0.05, 0) is 0 Å². The van der Waals surface area contributed by atoms with Crippen molar-refractivity contribution < 1.29 is 41.1 Å². The SMILES string of the molecule is COC(=O)Cc1nc(OC(F)(F)F)cc([N+](=O)[O-])c1C(F)F. The maximum atomic E-state index is 12.9. The van der Waals surface area contributed by atoms with Crippen molar-refractivity contribution in [2.45, 2.75) is 19.2 Å². The zero-order chi connectivity index (χ0) is 17.1. The first-order chi connectivity index (χ1) is 10.0. The highest BCUT2D eigenvalue weighted by atomic mass is 19.4. The molecule has 0 N–H and O–H groups in total. The van der Waals surface area contributed by atoms with Gasteiger partial charge >= 0.3 is 12.3 Å². The van der Waals surface area contributed by atoms with E-state index in [0.29, 0.717) is 0 Å². The Morgan fingerprint density at radius 3 is 2.45 bits per heavy atom. The first-order valence-electron chi connectivity index (χ1n) is 5.34. The second kappa shape index (κ2) is 6.49. The maximum Gasteiger partial charge on any atom is 0.574 e. The van der Waals surface area contributed by atoms with E-state index in [4.69, 9.17) is 0 Å². The molecule has 0 saturated carbocycles. The van der Waals surface area contributed by atoms with Gasteiger partial charge in [-0.3, -0.25) is 14.9 Å². The minimum absolute atomic E-state index is 0.107. The first kappa shape index (κ1) is 17.5. The normalized spacial score (nSPS) is 11.4. The van der Waals surface area contributed by atoms with Crippen molar-refractivity contribution in [2.75, 3.05) is 7.11 Å². The molecule has 7 nitrogen and oxygen atoms in total. The van der Waals surface area contributed by atoms with Gasteiger partial charge in [0.15, 0.2) is 0 Å². The van der Waals surface area contributed by atoms with Crippen molar-refractivity contribution in [3.05, 3.63) is 27.4 Å². The molecule has 0 aliphatic rings. The van der Waals surface area contributed by atoms with Crippen LogP contribution in [-0.2, 0) is 16.0 Å². The number of rotatable bonds is 5. The lowest BCUT2D eigenvalue weighted by molar-refractivity contribution is -0.386. The molecule has 0 fully saturated rings. The van der Waals surface area contributed by atoms with Gasteiger partial charge in [0.2, 0.25) is 5.88 Å². The fraction of sp³-hybridized carbons (Fsp3) is 0.400. The Balaban J connectivity index is 3.47. The molecule has 1 heterocycles. The molecule has 1 aromatic rings. The number of hydrogen-bond donors (Lipinski definition) is 0. The van der Waals surface area contributed by atoms with Gasteiger partial charge in [0, 0.05) is 0 Å². The van der Waals surface area contributed by atoms with Crippen LogP contribution >= 0.6 is 0 Å². The Bertz CT molecular complexity index is 590. The third-order valence-corrected chi connectivity index (χ3v) is 2.27. The Morgan fingerprint density at radius 2 is 2.05 bits per heavy atom. The second-order valence-electron chi connectivity index (χ2n) is 3.70. The lowest BCUT2D eigenvalue weighted by Gasteiger charge is -2.12. The summed E-state index contributed by atoms with van der Waals surface area (Å²) in [5.41, 5.74) is -3.55. The molecule has 1 aromatic heterocycles. The molecule has 0 atom stereocenters. The number of aromatic nitrogens is 1. The van der Waals surface area contributed by atoms with Gasteiger partial charge in [0.25, 0.3) is 12.1 Å². The van der Waals surface area contributed by atoms with Gasteiger partial charge in [-0.1, -0.05) is 0 Å². The highest BCUT2D eigenvalue weighted by Crippen LogP contribution is 2.35. The number of halogens is 5. The molecule has 22 heavy (non-hydrogen) atoms. The summed E-state index contributed by atoms with van der Waals surface area (Å²) in [5, 5.41) is 10.7. The quantitative estimate of drug-likeness (QED) is 0.357. The number of alkyl halides is 5. The number of nitro groups is 1. The summed E-state index contributed by atoms with van der Waals surface area (Å²) in [5.74, 6) is -2.45. The van der Waals surface area contributed by atoms with Gasteiger partial charge in [-0.2, -0.15) is 0 Å². The van der Waals surface area contributed by atoms with Crippen LogP contribution in [0.5, 0.6) is 5.88 Å². The number of esters is 1. The average Bonchev–Trinajstić information content (AvgIpc) is 2.35. The molecule has 0 aliphatic carbocycles. The molecular formula is C10H7F5N2O5. The average molecular weight is 330 g/mol. The van der Waals surface area contributed by atoms with Crippen LogP contribution in [0.1, 0.15) is 17.7 Å². The molecule has 0 saturated heterocycles. The Morgan fingerprint density at radius 1 is 1.45 bits per heavy atom. The number of carbonyl (C=O) groups excluding carboxylic acids is 1. The minimum atomic E-state index is -5.24. The number of carbonyl (C=O) groups is 1. The molecule has 0 bridgehead atoms. The monoisotopic (exact) mass is 330 g/mol. The molecule has 0 unspecified atom stereocenters. The van der Waals surface area contributed by atoms with Crippen LogP contribution in [0.25, 0.3) is 0 Å². The van der Waals surface area contributed by atoms with E-state index in [9.17, 15) is 36.9 Å². The third kappa shape index (κ3) is 4.49. The van der Waals surface area contributed by atoms with Crippen LogP contribution in [0.3, 0.4) is 0 Å². The first-order valence-corrected chi connectivity index (χ1v) is 5.34. The van der Waals surface area contributed by atoms with E-state index in [1.54, 1.807) is 0 Å². The lowest BCUT2D eigenvalue weighted by atomic mass is 10.1. The summed E-state index contributed by atoms with van der Waals surface area (Å²) in [6.45, 7) is 0. The molecule has 122 valence electrons. The van der Waals surface area contributed by atoms with Crippen LogP contribution in [-0.4, -0.2) is 29.3 Å². The van der Waals surface area contributed by atoms with Crippen LogP contribution < -0.4 is 4.74 Å². The van der Waals surface area contributed by atoms with Crippen molar-refractivity contribution >= 4 is 11.7 Å². The summed E-state index contributed by atoms with van der Waals surface area (Å²) in [6.07, 6.45) is -9.66. The fourth-order valence-electron chi connectivity index (χ4n) is 1.47. The topological polar surface area (TPSA) is 91.6 Å². The number of hydrogen-bond acceptors (Lipinski definition) is 6. The highest BCUT2D eigenvalue weighted by Gasteiger charge is 2.35. The van der Waals surface area contributed by atoms with Crippen LogP contribution in [0.2, 0.25) is 0 Å². The van der Waals surface area contributed by atoms with Crippen LogP contribution in [0.4, 0.5) is 27.6 Å². The zero-order valence-corrected chi connectivity index (χ0v) is 10.7. The number of ether oxygens (including phenoxy) is 2. The summed E-state index contributed by atoms with van der Waals surface area (Å²) < 4.78 is 69.7. The van der Waals surface area contributed by atoms with Crippen LogP contribution in [0.15, 0.2) is 6.07 Å². The van der Waals surface area contributed by atoms with E-state index < -0.39 is 52.9 Å². The van der Waals surface area contributed by atoms with E-state index in [1.165, 1.54) is 0 Å². The smallest absolute Gasteiger partial charge is 0.469 e. The zero-order valence-electron chi connectivity index (χ0n) is 10.7. The van der Waals surface area contributed by atoms with E-state index in [1.807, 2.05) is 0 Å². The summed E-state index contributed by atoms with van der Waals surface area (Å²) in [6, 6.07) is 0.107. The third-order valence-electron chi connectivity index (χ3n) is 2.27. The molecule has 0 radical (unpaired) electrons. The minimum Gasteiger partial charge on any atom is -0.469 e. The molecular weight excluding hydrogens is 323 g/mol. The highest BCUT2D eigenvalue weighted by molar-refractivity contribution is 5.73. The number of pyridine rings is 1. The molecule has 0 spiro atoms. The van der Waals surface area contributed by atoms with Gasteiger partial charge < -0.3 is 9.47 Å². The molecule has 1 rings (SSSR count). The van der Waals surface area contributed by atoms with Gasteiger partial charge in [0.05, 0.1) is 30.2 Å². The summed E-state index contributed by atoms with van der Waals surface area (Å²) in [7, 11) is 0.898. The van der Waals surface area contributed by atoms with E-state index in [0.717, 1.165) is 7.11 Å². The molecule has 0 amide bonds. The predicted molar refractivity (Wildman–Crippen MR) is 58.3 cm³/mol. The predicted octanol–water partition coefficient (Wildman–Crippen LogP) is 2.54. The van der Waals surface area contributed by atoms with Gasteiger partial charge in [-0.15, -0.1) is 13.2 Å². The Kier molecular flexibility index (Phi) is 5.17. The van der Waals surface area contributed by atoms with E-state index >= 15 is 0 Å². The van der Waals surface area contributed by atoms with Crippen molar-refractivity contribution in [1.29, 1.82) is 0 Å². The van der Waals surface area contributed by atoms with E-state index in [2.05, 4.69) is 14.5 Å². The summed E-state index contributed by atoms with van der Waals surface area (Å²) in [4.78, 5) is 23.6. The molecule has 0 aliphatic heterocycles. The molecule has 12 heteroatoms. The van der Waals surface area contributed by atoms with Crippen molar-refractivity contribution in [2.24, 2.45) is 0 Å². The Hall–Kier alpha value is -2.53. The van der Waals surface area contributed by atoms with Gasteiger partial charge in [0.1, 0.15) is 5.56 Å². The fourth-order valence-corrected chi connectivity index (χ4v) is 1.47. The largest absolute Gasteiger partial charge is 0.574 e. The summed E-state index contributed by atoms with van der Waals surface area (Å²) >= 11 is 0. The van der Waals surface area contributed by atoms with Crippen molar-refractivity contribution in [3.63, 3.8) is 0 Å². The van der Waals surface area contributed by atoms with Crippen LogP contribution in [0, 0.1) is 10.1 Å².